The fraction of sp³-hybridized carbons (Fsp3) is 0.922. The molecule has 0 unspecified atom stereocenters. The van der Waals surface area contributed by atoms with Gasteiger partial charge in [0.05, 0.1) is 0 Å². The molecule has 0 saturated heterocycles. The second-order valence-corrected chi connectivity index (χ2v) is 17.5. The van der Waals surface area contributed by atoms with Crippen LogP contribution >= 0.6 is 0 Å². The third-order valence-corrected chi connectivity index (χ3v) is 12.0. The molecule has 0 atom stereocenters. The van der Waals surface area contributed by atoms with Gasteiger partial charge in [0.15, 0.2) is 0 Å². The molecular formula is C51H98N2. The molecule has 0 aliphatic carbocycles. The van der Waals surface area contributed by atoms with E-state index in [2.05, 4.69) is 26.8 Å². The Morgan fingerprint density at radius 2 is 0.434 bits per heavy atom. The highest BCUT2D eigenvalue weighted by molar-refractivity contribution is 5.11. The highest BCUT2D eigenvalue weighted by Gasteiger charge is 2.04. The van der Waals surface area contributed by atoms with E-state index < -0.39 is 0 Å². The minimum Gasteiger partial charge on any atom is -0.238 e. The first-order chi connectivity index (χ1) is 26.3. The first-order valence-corrected chi connectivity index (χ1v) is 25.1. The van der Waals surface area contributed by atoms with Gasteiger partial charge < -0.3 is 0 Å². The molecule has 0 amide bonds. The van der Waals surface area contributed by atoms with Crippen molar-refractivity contribution in [2.24, 2.45) is 0 Å². The number of hydrogen-bond acceptors (Lipinski definition) is 2. The lowest BCUT2D eigenvalue weighted by molar-refractivity contribution is 0.520. The molecule has 0 aromatic carbocycles. The summed E-state index contributed by atoms with van der Waals surface area (Å²) in [5.41, 5.74) is 2.57. The molecule has 0 fully saturated rings. The monoisotopic (exact) mass is 739 g/mol. The predicted molar refractivity (Wildman–Crippen MR) is 239 cm³/mol. The van der Waals surface area contributed by atoms with Gasteiger partial charge in [-0.05, 0) is 38.7 Å². The van der Waals surface area contributed by atoms with Crippen LogP contribution in [0.5, 0.6) is 0 Å². The number of nitrogens with zero attached hydrogens (tertiary/aromatic N) is 2. The van der Waals surface area contributed by atoms with Crippen LogP contribution in [-0.4, -0.2) is 9.97 Å². The molecule has 1 aromatic heterocycles. The van der Waals surface area contributed by atoms with E-state index in [-0.39, 0.29) is 0 Å². The summed E-state index contributed by atoms with van der Waals surface area (Å²) in [4.78, 5) is 9.56. The van der Waals surface area contributed by atoms with Crippen molar-refractivity contribution in [2.45, 2.75) is 303 Å². The fourth-order valence-corrected chi connectivity index (χ4v) is 8.43. The van der Waals surface area contributed by atoms with Crippen LogP contribution in [0.15, 0.2) is 6.07 Å². The second-order valence-electron chi connectivity index (χ2n) is 17.5. The van der Waals surface area contributed by atoms with Crippen molar-refractivity contribution in [3.63, 3.8) is 0 Å². The largest absolute Gasteiger partial charge is 0.238 e. The summed E-state index contributed by atoms with van der Waals surface area (Å²) in [6.07, 6.45) is 62.9. The van der Waals surface area contributed by atoms with Gasteiger partial charge in [0.1, 0.15) is 5.82 Å². The van der Waals surface area contributed by atoms with Gasteiger partial charge in [0.25, 0.3) is 0 Å². The van der Waals surface area contributed by atoms with Gasteiger partial charge in [-0.1, -0.05) is 271 Å². The fourth-order valence-electron chi connectivity index (χ4n) is 8.43. The van der Waals surface area contributed by atoms with Crippen LogP contribution in [0.4, 0.5) is 0 Å². The van der Waals surface area contributed by atoms with E-state index in [4.69, 9.17) is 9.97 Å². The van der Waals surface area contributed by atoms with Crippen molar-refractivity contribution in [1.29, 1.82) is 0 Å². The molecule has 1 aromatic rings. The molecule has 1 heterocycles. The lowest BCUT2D eigenvalue weighted by Gasteiger charge is -2.07. The maximum absolute atomic E-state index is 4.78. The molecule has 0 aliphatic rings. The summed E-state index contributed by atoms with van der Waals surface area (Å²) in [6.45, 7) is 6.70. The summed E-state index contributed by atoms with van der Waals surface area (Å²) in [7, 11) is 0. The highest BCUT2D eigenvalue weighted by atomic mass is 14.9. The SMILES string of the molecule is CCCCCCCCCCCCCCCCCCCCCCCc1cc(CCCCCCCCCCCCCCCCCCCCCCC)nc(C)n1. The Morgan fingerprint density at radius 3 is 0.623 bits per heavy atom. The molecular weight excluding hydrogens is 641 g/mol. The lowest BCUT2D eigenvalue weighted by atomic mass is 10.0. The normalized spacial score (nSPS) is 11.6. The van der Waals surface area contributed by atoms with Gasteiger partial charge in [-0.25, -0.2) is 9.97 Å². The Balaban J connectivity index is 1.84. The average molecular weight is 739 g/mol. The third kappa shape index (κ3) is 37.8. The Hall–Kier alpha value is -0.920. The van der Waals surface area contributed by atoms with Crippen molar-refractivity contribution in [2.75, 3.05) is 0 Å². The maximum atomic E-state index is 4.78. The molecule has 312 valence electrons. The number of rotatable bonds is 44. The Morgan fingerprint density at radius 1 is 0.264 bits per heavy atom. The standard InChI is InChI=1S/C51H98N2/c1-4-6-8-10-12-14-16-18-20-22-24-26-28-30-32-34-36-38-40-42-44-46-50-48-51(53-49(3)52-50)47-45-43-41-39-37-35-33-31-29-27-25-23-21-19-17-15-13-11-9-7-5-2/h48H,4-47H2,1-3H3. The van der Waals surface area contributed by atoms with Gasteiger partial charge in [0, 0.05) is 11.4 Å². The zero-order valence-corrected chi connectivity index (χ0v) is 37.1. The molecule has 0 aliphatic heterocycles. The molecule has 0 bridgehead atoms. The van der Waals surface area contributed by atoms with E-state index in [0.717, 1.165) is 18.7 Å². The second kappa shape index (κ2) is 42.2. The van der Waals surface area contributed by atoms with Gasteiger partial charge in [-0.2, -0.15) is 0 Å². The highest BCUT2D eigenvalue weighted by Crippen LogP contribution is 2.18. The van der Waals surface area contributed by atoms with Crippen molar-refractivity contribution in [1.82, 2.24) is 9.97 Å². The number of aromatic nitrogens is 2. The molecule has 0 spiro atoms. The van der Waals surface area contributed by atoms with Crippen LogP contribution < -0.4 is 0 Å². The smallest absolute Gasteiger partial charge is 0.125 e. The lowest BCUT2D eigenvalue weighted by Crippen LogP contribution is -2.01. The molecule has 2 nitrogen and oxygen atoms in total. The van der Waals surface area contributed by atoms with Crippen LogP contribution in [0.25, 0.3) is 0 Å². The van der Waals surface area contributed by atoms with Gasteiger partial charge >= 0.3 is 0 Å². The molecule has 2 heteroatoms. The number of hydrogen-bond donors (Lipinski definition) is 0. The van der Waals surface area contributed by atoms with Crippen LogP contribution in [0.1, 0.15) is 301 Å². The topological polar surface area (TPSA) is 25.8 Å². The van der Waals surface area contributed by atoms with Crippen molar-refractivity contribution < 1.29 is 0 Å². The summed E-state index contributed by atoms with van der Waals surface area (Å²) in [5, 5.41) is 0. The molecule has 0 radical (unpaired) electrons. The van der Waals surface area contributed by atoms with E-state index in [9.17, 15) is 0 Å². The average Bonchev–Trinajstić information content (AvgIpc) is 3.16. The van der Waals surface area contributed by atoms with E-state index >= 15 is 0 Å². The zero-order valence-electron chi connectivity index (χ0n) is 37.1. The Labute approximate surface area is 335 Å². The van der Waals surface area contributed by atoms with Gasteiger partial charge in [0.2, 0.25) is 0 Å². The molecule has 53 heavy (non-hydrogen) atoms. The van der Waals surface area contributed by atoms with Crippen LogP contribution in [0.3, 0.4) is 0 Å². The van der Waals surface area contributed by atoms with Crippen LogP contribution in [0.2, 0.25) is 0 Å². The summed E-state index contributed by atoms with van der Waals surface area (Å²) < 4.78 is 0. The Bertz CT molecular complexity index is 769. The van der Waals surface area contributed by atoms with Crippen molar-refractivity contribution in [3.05, 3.63) is 23.3 Å². The van der Waals surface area contributed by atoms with Gasteiger partial charge in [-0.3, -0.25) is 0 Å². The van der Waals surface area contributed by atoms with E-state index in [1.165, 1.54) is 281 Å². The first-order valence-electron chi connectivity index (χ1n) is 25.1. The summed E-state index contributed by atoms with van der Waals surface area (Å²) in [5.74, 6) is 0.976. The van der Waals surface area contributed by atoms with Crippen LogP contribution in [-0.2, 0) is 12.8 Å². The number of unbranched alkanes of at least 4 members (excludes halogenated alkanes) is 40. The molecule has 1 rings (SSSR count). The van der Waals surface area contributed by atoms with E-state index in [0.29, 0.717) is 0 Å². The maximum Gasteiger partial charge on any atom is 0.125 e. The summed E-state index contributed by atoms with van der Waals surface area (Å²) >= 11 is 0. The predicted octanol–water partition coefficient (Wildman–Crippen LogP) is 18.3. The number of aryl methyl sites for hydroxylation is 3. The minimum atomic E-state index is 0.976. The van der Waals surface area contributed by atoms with Crippen LogP contribution in [0, 0.1) is 6.92 Å². The third-order valence-electron chi connectivity index (χ3n) is 12.0. The molecule has 0 N–H and O–H groups in total. The van der Waals surface area contributed by atoms with E-state index in [1.807, 2.05) is 0 Å². The first kappa shape index (κ1) is 50.1. The zero-order chi connectivity index (χ0) is 38.0. The quantitative estimate of drug-likeness (QED) is 0.0623. The minimum absolute atomic E-state index is 0.976. The van der Waals surface area contributed by atoms with E-state index in [1.54, 1.807) is 0 Å². The molecule has 0 saturated carbocycles. The Kier molecular flexibility index (Phi) is 39.9. The van der Waals surface area contributed by atoms with Gasteiger partial charge in [-0.15, -0.1) is 0 Å². The van der Waals surface area contributed by atoms with Crippen molar-refractivity contribution in [3.8, 4) is 0 Å². The summed E-state index contributed by atoms with van der Waals surface area (Å²) in [6, 6.07) is 2.32. The van der Waals surface area contributed by atoms with Crippen molar-refractivity contribution >= 4 is 0 Å².